The minimum absolute atomic E-state index is 0.861. The van der Waals surface area contributed by atoms with Crippen molar-refractivity contribution in [1.82, 2.24) is 0 Å². The van der Waals surface area contributed by atoms with E-state index in [9.17, 15) is 0 Å². The van der Waals surface area contributed by atoms with Gasteiger partial charge >= 0.3 is 0 Å². The molecule has 0 atom stereocenters. The highest BCUT2D eigenvalue weighted by atomic mass is 16.3. The second-order valence-electron chi connectivity index (χ2n) is 10.9. The highest BCUT2D eigenvalue weighted by molar-refractivity contribution is 6.17. The molecule has 3 heteroatoms. The Morgan fingerprint density at radius 3 is 1.49 bits per heavy atom. The van der Waals surface area contributed by atoms with Gasteiger partial charge in [0.15, 0.2) is 0 Å². The zero-order chi connectivity index (χ0) is 28.3. The molecular weight excluding hydrogens is 526 g/mol. The first-order valence-corrected chi connectivity index (χ1v) is 14.5. The molecule has 0 aliphatic heterocycles. The fourth-order valence-electron chi connectivity index (χ4n) is 6.56. The van der Waals surface area contributed by atoms with Gasteiger partial charge < -0.3 is 13.7 Å². The number of anilines is 3. The molecular formula is C40H25NO2. The summed E-state index contributed by atoms with van der Waals surface area (Å²) in [5, 5.41) is 6.84. The van der Waals surface area contributed by atoms with Crippen LogP contribution in [0, 0.1) is 0 Å². The summed E-state index contributed by atoms with van der Waals surface area (Å²) in [7, 11) is 0. The number of fused-ring (bicyclic) bond motifs is 7. The third kappa shape index (κ3) is 3.68. The molecule has 202 valence electrons. The van der Waals surface area contributed by atoms with Crippen LogP contribution >= 0.6 is 0 Å². The summed E-state index contributed by atoms with van der Waals surface area (Å²) in [5.74, 6) is 0. The summed E-state index contributed by atoms with van der Waals surface area (Å²) in [4.78, 5) is 2.35. The molecule has 2 heterocycles. The fourth-order valence-corrected chi connectivity index (χ4v) is 6.56. The van der Waals surface area contributed by atoms with E-state index in [-0.39, 0.29) is 0 Å². The second-order valence-corrected chi connectivity index (χ2v) is 10.9. The van der Waals surface area contributed by atoms with Crippen LogP contribution in [-0.4, -0.2) is 0 Å². The quantitative estimate of drug-likeness (QED) is 0.218. The number of benzene rings is 7. The Morgan fingerprint density at radius 2 is 0.860 bits per heavy atom. The van der Waals surface area contributed by atoms with Crippen LogP contribution < -0.4 is 4.90 Å². The number of furan rings is 2. The van der Waals surface area contributed by atoms with E-state index in [1.807, 2.05) is 24.3 Å². The van der Waals surface area contributed by atoms with Gasteiger partial charge in [-0.2, -0.15) is 0 Å². The molecule has 0 bridgehead atoms. The lowest BCUT2D eigenvalue weighted by molar-refractivity contribution is 0.668. The monoisotopic (exact) mass is 551 g/mol. The van der Waals surface area contributed by atoms with Crippen LogP contribution in [0.5, 0.6) is 0 Å². The molecule has 9 aromatic rings. The van der Waals surface area contributed by atoms with Gasteiger partial charge in [-0.15, -0.1) is 0 Å². The van der Waals surface area contributed by atoms with Gasteiger partial charge in [0.2, 0.25) is 0 Å². The summed E-state index contributed by atoms with van der Waals surface area (Å²) in [5.41, 5.74) is 9.05. The molecule has 0 fully saturated rings. The lowest BCUT2D eigenvalue weighted by Gasteiger charge is -2.27. The predicted octanol–water partition coefficient (Wildman–Crippen LogP) is 11.8. The van der Waals surface area contributed by atoms with Gasteiger partial charge in [-0.25, -0.2) is 0 Å². The zero-order valence-electron chi connectivity index (χ0n) is 23.2. The predicted molar refractivity (Wildman–Crippen MR) is 179 cm³/mol. The Bertz CT molecular complexity index is 2350. The lowest BCUT2D eigenvalue weighted by Crippen LogP contribution is -2.10. The minimum atomic E-state index is 0.861. The van der Waals surface area contributed by atoms with Crippen LogP contribution in [-0.2, 0) is 0 Å². The molecule has 9 rings (SSSR count). The third-order valence-corrected chi connectivity index (χ3v) is 8.47. The number of hydrogen-bond donors (Lipinski definition) is 0. The first-order chi connectivity index (χ1) is 21.3. The van der Waals surface area contributed by atoms with E-state index < -0.39 is 0 Å². The maximum Gasteiger partial charge on any atom is 0.137 e. The first-order valence-electron chi connectivity index (χ1n) is 14.5. The van der Waals surface area contributed by atoms with Gasteiger partial charge in [-0.1, -0.05) is 103 Å². The Morgan fingerprint density at radius 1 is 0.372 bits per heavy atom. The summed E-state index contributed by atoms with van der Waals surface area (Å²) >= 11 is 0. The van der Waals surface area contributed by atoms with Crippen LogP contribution in [0.3, 0.4) is 0 Å². The number of hydrogen-bond acceptors (Lipinski definition) is 3. The smallest absolute Gasteiger partial charge is 0.137 e. The Hall–Kier alpha value is -5.80. The molecule has 0 spiro atoms. The van der Waals surface area contributed by atoms with Crippen LogP contribution in [0.2, 0.25) is 0 Å². The van der Waals surface area contributed by atoms with Crippen molar-refractivity contribution in [2.45, 2.75) is 0 Å². The molecule has 0 aliphatic carbocycles. The van der Waals surface area contributed by atoms with Gasteiger partial charge in [0.1, 0.15) is 22.3 Å². The highest BCUT2D eigenvalue weighted by Gasteiger charge is 2.23. The van der Waals surface area contributed by atoms with Crippen LogP contribution in [0.15, 0.2) is 160 Å². The van der Waals surface area contributed by atoms with Crippen LogP contribution in [0.25, 0.3) is 65.8 Å². The molecule has 0 aliphatic rings. The molecule has 0 N–H and O–H groups in total. The van der Waals surface area contributed by atoms with Gasteiger partial charge in [-0.05, 0) is 70.4 Å². The van der Waals surface area contributed by atoms with E-state index in [4.69, 9.17) is 8.83 Å². The Labute approximate surface area is 247 Å². The topological polar surface area (TPSA) is 29.5 Å². The van der Waals surface area contributed by atoms with E-state index in [1.54, 1.807) is 0 Å². The summed E-state index contributed by atoms with van der Waals surface area (Å²) in [6.45, 7) is 0. The molecule has 43 heavy (non-hydrogen) atoms. The van der Waals surface area contributed by atoms with Gasteiger partial charge in [0, 0.05) is 16.5 Å². The standard InChI is InChI=1S/C40H25NO2/c1-2-12-29-26(10-1)11-7-15-30(29)27-22-24-28(25-23-27)41(33-16-8-20-37-39(33)31-13-3-5-18-35(31)42-37)34-17-9-21-38-40(34)32-14-4-6-19-36(32)43-38/h1-25H. The van der Waals surface area contributed by atoms with Crippen molar-refractivity contribution in [1.29, 1.82) is 0 Å². The van der Waals surface area contributed by atoms with Gasteiger partial charge in [0.05, 0.1) is 22.1 Å². The zero-order valence-corrected chi connectivity index (χ0v) is 23.2. The van der Waals surface area contributed by atoms with Gasteiger partial charge in [0.25, 0.3) is 0 Å². The van der Waals surface area contributed by atoms with E-state index in [1.165, 1.54) is 21.9 Å². The van der Waals surface area contributed by atoms with Crippen LogP contribution in [0.1, 0.15) is 0 Å². The fraction of sp³-hybridized carbons (Fsp3) is 0. The van der Waals surface area contributed by atoms with Crippen LogP contribution in [0.4, 0.5) is 17.1 Å². The second kappa shape index (κ2) is 9.37. The van der Waals surface area contributed by atoms with E-state index in [0.717, 1.165) is 60.9 Å². The Balaban J connectivity index is 1.32. The van der Waals surface area contributed by atoms with Crippen molar-refractivity contribution in [2.75, 3.05) is 4.90 Å². The van der Waals surface area contributed by atoms with Crippen molar-refractivity contribution >= 4 is 71.7 Å². The maximum absolute atomic E-state index is 6.33. The lowest BCUT2D eigenvalue weighted by atomic mass is 9.98. The van der Waals surface area contributed by atoms with Crippen molar-refractivity contribution in [3.63, 3.8) is 0 Å². The molecule has 0 unspecified atom stereocenters. The first kappa shape index (κ1) is 23.9. The van der Waals surface area contributed by atoms with Gasteiger partial charge in [-0.3, -0.25) is 0 Å². The minimum Gasteiger partial charge on any atom is -0.456 e. The van der Waals surface area contributed by atoms with Crippen molar-refractivity contribution < 1.29 is 8.83 Å². The molecule has 0 amide bonds. The summed E-state index contributed by atoms with van der Waals surface area (Å²) in [6.07, 6.45) is 0. The molecule has 0 saturated heterocycles. The normalized spacial score (nSPS) is 11.7. The summed E-state index contributed by atoms with van der Waals surface area (Å²) in [6, 6.07) is 53.1. The molecule has 2 aromatic heterocycles. The number of para-hydroxylation sites is 2. The number of rotatable bonds is 4. The SMILES string of the molecule is c1ccc2c(-c3ccc(N(c4cccc5oc6ccccc6c45)c4cccc5oc6ccccc6c45)cc3)cccc2c1. The average molecular weight is 552 g/mol. The van der Waals surface area contributed by atoms with Crippen molar-refractivity contribution in [3.05, 3.63) is 152 Å². The molecule has 0 radical (unpaired) electrons. The van der Waals surface area contributed by atoms with Crippen molar-refractivity contribution in [2.24, 2.45) is 0 Å². The largest absolute Gasteiger partial charge is 0.456 e. The molecule has 3 nitrogen and oxygen atoms in total. The van der Waals surface area contributed by atoms with E-state index in [2.05, 4.69) is 132 Å². The highest BCUT2D eigenvalue weighted by Crippen LogP contribution is 2.47. The maximum atomic E-state index is 6.33. The average Bonchev–Trinajstić information content (AvgIpc) is 3.64. The molecule has 0 saturated carbocycles. The Kier molecular flexibility index (Phi) is 5.20. The third-order valence-electron chi connectivity index (χ3n) is 8.47. The summed E-state index contributed by atoms with van der Waals surface area (Å²) < 4.78 is 12.7. The van der Waals surface area contributed by atoms with Crippen molar-refractivity contribution in [3.8, 4) is 11.1 Å². The van der Waals surface area contributed by atoms with E-state index in [0.29, 0.717) is 0 Å². The number of nitrogens with zero attached hydrogens (tertiary/aromatic N) is 1. The van der Waals surface area contributed by atoms with E-state index >= 15 is 0 Å². The molecule has 7 aromatic carbocycles.